The van der Waals surface area contributed by atoms with Crippen LogP contribution < -0.4 is 5.73 Å². The lowest BCUT2D eigenvalue weighted by molar-refractivity contribution is -0.143. The molecule has 37 heavy (non-hydrogen) atoms. The Morgan fingerprint density at radius 2 is 1.73 bits per heavy atom. The molecule has 1 saturated carbocycles. The summed E-state index contributed by atoms with van der Waals surface area (Å²) in [6.45, 7) is 1.78. The van der Waals surface area contributed by atoms with Crippen molar-refractivity contribution in [2.75, 3.05) is 13.1 Å². The molecule has 3 saturated heterocycles. The number of carbonyl (C=O) groups excluding carboxylic acids is 2. The Balaban J connectivity index is 1.30. The third-order valence-corrected chi connectivity index (χ3v) is 8.08. The van der Waals surface area contributed by atoms with Crippen molar-refractivity contribution < 1.29 is 35.9 Å². The highest BCUT2D eigenvalue weighted by Crippen LogP contribution is 2.48. The van der Waals surface area contributed by atoms with Gasteiger partial charge in [-0.05, 0) is 55.9 Å². The molecule has 13 heteroatoms. The van der Waals surface area contributed by atoms with Crippen LogP contribution in [-0.4, -0.2) is 69.8 Å². The van der Waals surface area contributed by atoms with Gasteiger partial charge in [-0.25, -0.2) is 0 Å². The number of nitriles is 1. The maximum absolute atomic E-state index is 13.3. The maximum atomic E-state index is 13.3. The van der Waals surface area contributed by atoms with Crippen molar-refractivity contribution in [3.8, 4) is 6.07 Å². The van der Waals surface area contributed by atoms with Crippen LogP contribution in [0.2, 0.25) is 0 Å². The van der Waals surface area contributed by atoms with E-state index in [1.54, 1.807) is 9.80 Å². The molecule has 7 nitrogen and oxygen atoms in total. The van der Waals surface area contributed by atoms with Gasteiger partial charge in [0.15, 0.2) is 0 Å². The van der Waals surface area contributed by atoms with Crippen molar-refractivity contribution in [3.05, 3.63) is 34.9 Å². The van der Waals surface area contributed by atoms with Crippen LogP contribution in [0.1, 0.15) is 48.9 Å². The first kappa shape index (κ1) is 25.8. The van der Waals surface area contributed by atoms with E-state index >= 15 is 0 Å². The zero-order valence-electron chi connectivity index (χ0n) is 19.8. The summed E-state index contributed by atoms with van der Waals surface area (Å²) in [4.78, 5) is 30.8. The molecule has 1 aromatic carbocycles. The van der Waals surface area contributed by atoms with Gasteiger partial charge in [0.1, 0.15) is 6.04 Å². The van der Waals surface area contributed by atoms with E-state index in [1.807, 2.05) is 0 Å². The van der Waals surface area contributed by atoms with Gasteiger partial charge in [-0.3, -0.25) is 14.5 Å². The lowest BCUT2D eigenvalue weighted by Crippen LogP contribution is -2.57. The number of halogens is 6. The van der Waals surface area contributed by atoms with Crippen LogP contribution in [0, 0.1) is 17.2 Å². The number of amides is 2. The first-order chi connectivity index (χ1) is 17.2. The normalized spacial score (nSPS) is 30.9. The molecule has 2 bridgehead atoms. The monoisotopic (exact) mass is 529 g/mol. The van der Waals surface area contributed by atoms with Gasteiger partial charge in [0.2, 0.25) is 11.8 Å². The molecule has 4 fully saturated rings. The lowest BCUT2D eigenvalue weighted by Gasteiger charge is -2.39. The zero-order chi connectivity index (χ0) is 27.0. The Kier molecular flexibility index (Phi) is 5.99. The quantitative estimate of drug-likeness (QED) is 0.593. The topological polar surface area (TPSA) is 93.7 Å². The standard InChI is InChI=1S/C24H25F6N5O2/c1-11(12-2-14(23(25,26)27)6-15(3-12)24(28,29)30)34-17-7-20(22(34)37)33(9-17)10-18(32)21(36)35-16(8-31)4-13-5-19(13)35/h2-3,6,11,13,16-20H,4-5,7,9-10,32H2,1H3/t11-,13-,16+,17?,18+,19?,20+/m1/s1. The molecule has 1 aliphatic carbocycles. The highest BCUT2D eigenvalue weighted by Gasteiger charge is 2.56. The second-order valence-electron chi connectivity index (χ2n) is 10.4. The lowest BCUT2D eigenvalue weighted by atomic mass is 9.98. The second-order valence-corrected chi connectivity index (χ2v) is 10.4. The number of piperidine rings is 1. The summed E-state index contributed by atoms with van der Waals surface area (Å²) in [7, 11) is 0. The smallest absolute Gasteiger partial charge is 0.330 e. The molecule has 0 spiro atoms. The van der Waals surface area contributed by atoms with Gasteiger partial charge < -0.3 is 15.5 Å². The fourth-order valence-corrected chi connectivity index (χ4v) is 6.19. The number of benzene rings is 1. The molecular weight excluding hydrogens is 504 g/mol. The van der Waals surface area contributed by atoms with E-state index in [0.717, 1.165) is 6.42 Å². The molecule has 0 aromatic heterocycles. The average molecular weight is 529 g/mol. The number of alkyl halides is 6. The third-order valence-electron chi connectivity index (χ3n) is 8.08. The van der Waals surface area contributed by atoms with Gasteiger partial charge in [0.05, 0.1) is 35.3 Å². The number of hydrogen-bond donors (Lipinski definition) is 1. The number of likely N-dealkylation sites (tertiary alicyclic amines) is 3. The Hall–Kier alpha value is -2.85. The Morgan fingerprint density at radius 1 is 1.11 bits per heavy atom. The van der Waals surface area contributed by atoms with Gasteiger partial charge in [-0.1, -0.05) is 0 Å². The molecular formula is C24H25F6N5O2. The van der Waals surface area contributed by atoms with E-state index in [1.165, 1.54) is 11.8 Å². The summed E-state index contributed by atoms with van der Waals surface area (Å²) in [5, 5.41) is 9.34. The summed E-state index contributed by atoms with van der Waals surface area (Å²) >= 11 is 0. The highest BCUT2D eigenvalue weighted by atomic mass is 19.4. The number of rotatable bonds is 5. The molecule has 1 aromatic rings. The minimum absolute atomic E-state index is 0.0326. The van der Waals surface area contributed by atoms with Gasteiger partial charge in [-0.15, -0.1) is 0 Å². The maximum Gasteiger partial charge on any atom is 0.416 e. The summed E-state index contributed by atoms with van der Waals surface area (Å²) in [6, 6.07) is -0.0555. The predicted octanol–water partition coefficient (Wildman–Crippen LogP) is 2.91. The minimum Gasteiger partial charge on any atom is -0.330 e. The van der Waals surface area contributed by atoms with Crippen LogP contribution in [0.25, 0.3) is 0 Å². The Bertz CT molecular complexity index is 1130. The number of hydrogen-bond acceptors (Lipinski definition) is 5. The Morgan fingerprint density at radius 3 is 2.27 bits per heavy atom. The number of fused-ring (bicyclic) bond motifs is 3. The molecule has 200 valence electrons. The van der Waals surface area contributed by atoms with Crippen LogP contribution in [-0.2, 0) is 21.9 Å². The fourth-order valence-electron chi connectivity index (χ4n) is 6.19. The van der Waals surface area contributed by atoms with Crippen LogP contribution in [0.5, 0.6) is 0 Å². The molecule has 2 N–H and O–H groups in total. The molecule has 0 radical (unpaired) electrons. The molecule has 5 rings (SSSR count). The summed E-state index contributed by atoms with van der Waals surface area (Å²) in [5.41, 5.74) is 3.06. The molecule has 3 heterocycles. The molecule has 4 aliphatic rings. The van der Waals surface area contributed by atoms with Gasteiger partial charge in [0, 0.05) is 25.2 Å². The second kappa shape index (κ2) is 8.59. The molecule has 7 atom stereocenters. The molecule has 2 unspecified atom stereocenters. The summed E-state index contributed by atoms with van der Waals surface area (Å²) < 4.78 is 79.9. The third kappa shape index (κ3) is 4.44. The fraction of sp³-hybridized carbons (Fsp3) is 0.625. The van der Waals surface area contributed by atoms with E-state index in [2.05, 4.69) is 6.07 Å². The van der Waals surface area contributed by atoms with Gasteiger partial charge in [0.25, 0.3) is 0 Å². The number of carbonyl (C=O) groups is 2. The number of nitrogens with two attached hydrogens (primary N) is 1. The van der Waals surface area contributed by atoms with Crippen LogP contribution in [0.15, 0.2) is 18.2 Å². The largest absolute Gasteiger partial charge is 0.416 e. The SMILES string of the molecule is C[C@H](c1cc(C(F)(F)F)cc(C(F)(F)F)c1)N1C(=O)[C@@H]2CC1CN2C[C@H](N)C(=O)N1C2C[C@H]2C[C@H]1C#N. The number of piperazine rings is 1. The van der Waals surface area contributed by atoms with Crippen molar-refractivity contribution in [1.29, 1.82) is 5.26 Å². The summed E-state index contributed by atoms with van der Waals surface area (Å²) in [5.74, 6) is -0.442. The van der Waals surface area contributed by atoms with Crippen molar-refractivity contribution in [2.24, 2.45) is 11.7 Å². The van der Waals surface area contributed by atoms with Crippen LogP contribution >= 0.6 is 0 Å². The first-order valence-electron chi connectivity index (χ1n) is 12.0. The van der Waals surface area contributed by atoms with E-state index < -0.39 is 59.6 Å². The highest BCUT2D eigenvalue weighted by molar-refractivity contribution is 5.87. The minimum atomic E-state index is -4.98. The van der Waals surface area contributed by atoms with Crippen molar-refractivity contribution in [1.82, 2.24) is 14.7 Å². The van der Waals surface area contributed by atoms with Crippen LogP contribution in [0.3, 0.4) is 0 Å². The van der Waals surface area contributed by atoms with E-state index in [0.29, 0.717) is 37.4 Å². The average Bonchev–Trinajstić information content (AvgIpc) is 3.15. The van der Waals surface area contributed by atoms with Gasteiger partial charge >= 0.3 is 12.4 Å². The predicted molar refractivity (Wildman–Crippen MR) is 116 cm³/mol. The molecule has 2 amide bonds. The molecule has 3 aliphatic heterocycles. The van der Waals surface area contributed by atoms with Crippen molar-refractivity contribution in [3.63, 3.8) is 0 Å². The van der Waals surface area contributed by atoms with Crippen molar-refractivity contribution >= 4 is 11.8 Å². The van der Waals surface area contributed by atoms with Crippen LogP contribution in [0.4, 0.5) is 26.3 Å². The Labute approximate surface area is 208 Å². The first-order valence-corrected chi connectivity index (χ1v) is 12.0. The van der Waals surface area contributed by atoms with E-state index in [4.69, 9.17) is 5.73 Å². The van der Waals surface area contributed by atoms with Crippen molar-refractivity contribution in [2.45, 2.75) is 74.8 Å². The van der Waals surface area contributed by atoms with E-state index in [-0.39, 0.29) is 30.1 Å². The summed E-state index contributed by atoms with van der Waals surface area (Å²) in [6.07, 6.45) is -8.15. The van der Waals surface area contributed by atoms with Gasteiger partial charge in [-0.2, -0.15) is 31.6 Å². The zero-order valence-corrected chi connectivity index (χ0v) is 19.8. The number of nitrogens with zero attached hydrogens (tertiary/aromatic N) is 4. The van der Waals surface area contributed by atoms with E-state index in [9.17, 15) is 41.2 Å².